The highest BCUT2D eigenvalue weighted by atomic mass is 32.1. The molecule has 1 aromatic rings. The van der Waals surface area contributed by atoms with Crippen LogP contribution in [0.4, 0.5) is 0 Å². The molecule has 2 saturated heterocycles. The summed E-state index contributed by atoms with van der Waals surface area (Å²) in [7, 11) is 0. The molecule has 2 aliphatic heterocycles. The number of likely N-dealkylation sites (tertiary alicyclic amines) is 1. The number of benzene rings is 1. The summed E-state index contributed by atoms with van der Waals surface area (Å²) in [6.07, 6.45) is 0. The van der Waals surface area contributed by atoms with Crippen LogP contribution in [0.5, 0.6) is 0 Å². The van der Waals surface area contributed by atoms with Crippen molar-refractivity contribution in [2.75, 3.05) is 13.1 Å². The first-order valence-corrected chi connectivity index (χ1v) is 6.39. The minimum absolute atomic E-state index is 0.650. The first-order valence-electron chi connectivity index (χ1n) is 5.99. The van der Waals surface area contributed by atoms with E-state index in [-0.39, 0.29) is 0 Å². The lowest BCUT2D eigenvalue weighted by Gasteiger charge is -2.31. The molecule has 2 bridgehead atoms. The predicted octanol–water partition coefficient (Wildman–Crippen LogP) is 2.04. The van der Waals surface area contributed by atoms with Gasteiger partial charge in [0.25, 0.3) is 0 Å². The van der Waals surface area contributed by atoms with E-state index in [2.05, 4.69) is 59.3 Å². The van der Waals surface area contributed by atoms with Crippen molar-refractivity contribution in [2.24, 2.45) is 5.92 Å². The lowest BCUT2D eigenvalue weighted by Crippen LogP contribution is -2.41. The van der Waals surface area contributed by atoms with Crippen molar-refractivity contribution in [1.82, 2.24) is 9.21 Å². The van der Waals surface area contributed by atoms with Crippen molar-refractivity contribution in [3.8, 4) is 0 Å². The highest BCUT2D eigenvalue weighted by Gasteiger charge is 2.47. The monoisotopic (exact) mass is 234 g/mol. The van der Waals surface area contributed by atoms with Gasteiger partial charge in [-0.15, -0.1) is 0 Å². The van der Waals surface area contributed by atoms with Gasteiger partial charge in [-0.05, 0) is 11.5 Å². The number of thiol groups is 1. The van der Waals surface area contributed by atoms with Gasteiger partial charge in [-0.25, -0.2) is 4.31 Å². The van der Waals surface area contributed by atoms with Gasteiger partial charge in [0.2, 0.25) is 0 Å². The van der Waals surface area contributed by atoms with Gasteiger partial charge in [0.15, 0.2) is 0 Å². The molecule has 86 valence electrons. The topological polar surface area (TPSA) is 6.48 Å². The van der Waals surface area contributed by atoms with Crippen LogP contribution in [0, 0.1) is 5.92 Å². The molecule has 0 saturated carbocycles. The van der Waals surface area contributed by atoms with Crippen LogP contribution in [-0.4, -0.2) is 34.4 Å². The summed E-state index contributed by atoms with van der Waals surface area (Å²) in [5.41, 5.74) is 1.42. The predicted molar refractivity (Wildman–Crippen MR) is 69.3 cm³/mol. The molecule has 0 N–H and O–H groups in total. The molecule has 2 aliphatic rings. The lowest BCUT2D eigenvalue weighted by molar-refractivity contribution is 0.180. The number of hydrogen-bond acceptors (Lipinski definition) is 3. The van der Waals surface area contributed by atoms with Crippen molar-refractivity contribution in [1.29, 1.82) is 0 Å². The zero-order chi connectivity index (χ0) is 11.1. The number of piperazine rings is 1. The van der Waals surface area contributed by atoms with E-state index < -0.39 is 0 Å². The highest BCUT2D eigenvalue weighted by molar-refractivity contribution is 7.77. The van der Waals surface area contributed by atoms with Crippen LogP contribution in [-0.2, 0) is 6.54 Å². The maximum atomic E-state index is 4.53. The second kappa shape index (κ2) is 4.06. The van der Waals surface area contributed by atoms with Gasteiger partial charge in [0, 0.05) is 31.7 Å². The standard InChI is InChI=1S/C13H18N2S/c1-10-12-9-15(16)13(10)8-14(12)7-11-5-3-2-4-6-11/h2-6,10,12-13,16H,7-9H2,1H3/t10-,12-,13-/m1/s1. The summed E-state index contributed by atoms with van der Waals surface area (Å²) in [4.78, 5) is 2.61. The van der Waals surface area contributed by atoms with Crippen molar-refractivity contribution in [2.45, 2.75) is 25.6 Å². The van der Waals surface area contributed by atoms with Gasteiger partial charge in [-0.1, -0.05) is 50.1 Å². The molecular weight excluding hydrogens is 216 g/mol. The second-order valence-electron chi connectivity index (χ2n) is 5.03. The molecule has 16 heavy (non-hydrogen) atoms. The third-order valence-corrected chi connectivity index (χ3v) is 4.55. The molecule has 0 aromatic heterocycles. The minimum atomic E-state index is 0.650. The van der Waals surface area contributed by atoms with E-state index in [1.54, 1.807) is 0 Å². The van der Waals surface area contributed by atoms with Crippen LogP contribution in [0.1, 0.15) is 12.5 Å². The van der Waals surface area contributed by atoms with Crippen molar-refractivity contribution >= 4 is 12.8 Å². The van der Waals surface area contributed by atoms with E-state index in [1.807, 2.05) is 0 Å². The van der Waals surface area contributed by atoms with Crippen LogP contribution in [0.25, 0.3) is 0 Å². The molecule has 0 radical (unpaired) electrons. The Morgan fingerprint density at radius 2 is 1.94 bits per heavy atom. The molecular formula is C13H18N2S. The van der Waals surface area contributed by atoms with Crippen LogP contribution >= 0.6 is 12.8 Å². The fourth-order valence-electron chi connectivity index (χ4n) is 3.11. The van der Waals surface area contributed by atoms with E-state index in [1.165, 1.54) is 12.1 Å². The number of hydrogen-bond donors (Lipinski definition) is 1. The largest absolute Gasteiger partial charge is 0.293 e. The smallest absolute Gasteiger partial charge is 0.0369 e. The summed E-state index contributed by atoms with van der Waals surface area (Å²) < 4.78 is 2.22. The molecule has 0 amide bonds. The van der Waals surface area contributed by atoms with Crippen LogP contribution in [0.3, 0.4) is 0 Å². The molecule has 1 aromatic carbocycles. The normalized spacial score (nSPS) is 34.8. The Labute approximate surface area is 103 Å². The Morgan fingerprint density at radius 3 is 2.50 bits per heavy atom. The summed E-state index contributed by atoms with van der Waals surface area (Å²) in [5.74, 6) is 0.765. The average Bonchev–Trinajstić information content (AvgIpc) is 2.73. The first-order chi connectivity index (χ1) is 7.75. The molecule has 0 unspecified atom stereocenters. The summed E-state index contributed by atoms with van der Waals surface area (Å²) in [5, 5.41) is 0. The molecule has 0 spiro atoms. The van der Waals surface area contributed by atoms with Crippen LogP contribution in [0.15, 0.2) is 30.3 Å². The maximum absolute atomic E-state index is 4.53. The summed E-state index contributed by atoms with van der Waals surface area (Å²) >= 11 is 4.53. The first kappa shape index (κ1) is 10.6. The molecule has 2 nitrogen and oxygen atoms in total. The highest BCUT2D eigenvalue weighted by Crippen LogP contribution is 2.37. The van der Waals surface area contributed by atoms with E-state index in [0.717, 1.165) is 19.0 Å². The zero-order valence-corrected chi connectivity index (χ0v) is 10.5. The van der Waals surface area contributed by atoms with E-state index in [9.17, 15) is 0 Å². The summed E-state index contributed by atoms with van der Waals surface area (Å²) in [6, 6.07) is 12.1. The van der Waals surface area contributed by atoms with Crippen LogP contribution < -0.4 is 0 Å². The Balaban J connectivity index is 1.71. The third-order valence-electron chi connectivity index (χ3n) is 4.09. The fraction of sp³-hybridized carbons (Fsp3) is 0.538. The number of fused-ring (bicyclic) bond motifs is 2. The van der Waals surface area contributed by atoms with Gasteiger partial charge in [0.05, 0.1) is 0 Å². The molecule has 3 heteroatoms. The van der Waals surface area contributed by atoms with Crippen LogP contribution in [0.2, 0.25) is 0 Å². The molecule has 3 rings (SSSR count). The second-order valence-corrected chi connectivity index (χ2v) is 5.54. The molecule has 2 heterocycles. The Morgan fingerprint density at radius 1 is 1.19 bits per heavy atom. The van der Waals surface area contributed by atoms with E-state index >= 15 is 0 Å². The Hall–Kier alpha value is -0.510. The third kappa shape index (κ3) is 1.67. The SMILES string of the molecule is C[C@H]1[C@H]2CN(Cc3ccccc3)[C@@H]1CN2S. The minimum Gasteiger partial charge on any atom is -0.293 e. The zero-order valence-electron chi connectivity index (χ0n) is 9.58. The fourth-order valence-corrected chi connectivity index (χ4v) is 3.56. The lowest BCUT2D eigenvalue weighted by atomic mass is 10.0. The van der Waals surface area contributed by atoms with Gasteiger partial charge in [0.1, 0.15) is 0 Å². The van der Waals surface area contributed by atoms with E-state index in [4.69, 9.17) is 0 Å². The van der Waals surface area contributed by atoms with E-state index in [0.29, 0.717) is 12.1 Å². The number of rotatable bonds is 2. The van der Waals surface area contributed by atoms with Gasteiger partial charge in [-0.3, -0.25) is 4.90 Å². The maximum Gasteiger partial charge on any atom is 0.0369 e. The van der Waals surface area contributed by atoms with Gasteiger partial charge < -0.3 is 0 Å². The molecule has 3 atom stereocenters. The molecule has 2 fully saturated rings. The van der Waals surface area contributed by atoms with Gasteiger partial charge in [-0.2, -0.15) is 0 Å². The van der Waals surface area contributed by atoms with Crippen molar-refractivity contribution in [3.63, 3.8) is 0 Å². The van der Waals surface area contributed by atoms with Crippen molar-refractivity contribution < 1.29 is 0 Å². The number of nitrogens with zero attached hydrogens (tertiary/aromatic N) is 2. The molecule has 0 aliphatic carbocycles. The summed E-state index contributed by atoms with van der Waals surface area (Å²) in [6.45, 7) is 5.73. The Bertz CT molecular complexity index is 367. The van der Waals surface area contributed by atoms with Gasteiger partial charge >= 0.3 is 0 Å². The Kier molecular flexibility index (Phi) is 2.70. The quantitative estimate of drug-likeness (QED) is 0.782. The van der Waals surface area contributed by atoms with Crippen molar-refractivity contribution in [3.05, 3.63) is 35.9 Å². The average molecular weight is 234 g/mol.